The number of para-hydroxylation sites is 2. The predicted molar refractivity (Wildman–Crippen MR) is 117 cm³/mol. The van der Waals surface area contributed by atoms with Crippen molar-refractivity contribution >= 4 is 42.9 Å². The third-order valence-electron chi connectivity index (χ3n) is 5.37. The summed E-state index contributed by atoms with van der Waals surface area (Å²) in [5.41, 5.74) is 1.22. The third kappa shape index (κ3) is 3.70. The van der Waals surface area contributed by atoms with E-state index in [1.807, 2.05) is 24.3 Å². The van der Waals surface area contributed by atoms with E-state index in [2.05, 4.69) is 15.9 Å². The molecule has 8 nitrogen and oxygen atoms in total. The number of sulfonamides is 1. The fourth-order valence-electron chi connectivity index (χ4n) is 3.71. The average molecular weight is 493 g/mol. The van der Waals surface area contributed by atoms with Gasteiger partial charge < -0.3 is 4.90 Å². The van der Waals surface area contributed by atoms with Gasteiger partial charge in [0.1, 0.15) is 6.54 Å². The standard InChI is InChI=1S/C20H21BrN4O4S/c1-22-17-7-2-3-8-18(17)25(20(22)27)14-19(26)23-9-11-24(12-10-23)30(28,29)16-6-4-5-15(21)13-16/h2-8,13H,9-12,14H2,1H3. The van der Waals surface area contributed by atoms with Crippen LogP contribution in [0.3, 0.4) is 0 Å². The quantitative estimate of drug-likeness (QED) is 0.553. The second kappa shape index (κ2) is 8.01. The Morgan fingerprint density at radius 3 is 2.33 bits per heavy atom. The van der Waals surface area contributed by atoms with Crippen LogP contribution in [0.25, 0.3) is 11.0 Å². The van der Waals surface area contributed by atoms with Crippen molar-refractivity contribution in [3.05, 3.63) is 63.5 Å². The van der Waals surface area contributed by atoms with Gasteiger partial charge in [0, 0.05) is 37.7 Å². The Morgan fingerprint density at radius 1 is 1.00 bits per heavy atom. The molecule has 2 heterocycles. The number of halogens is 1. The molecule has 4 rings (SSSR count). The van der Waals surface area contributed by atoms with Crippen molar-refractivity contribution in [1.29, 1.82) is 0 Å². The van der Waals surface area contributed by atoms with Crippen molar-refractivity contribution in [2.75, 3.05) is 26.2 Å². The number of imidazole rings is 1. The summed E-state index contributed by atoms with van der Waals surface area (Å²) in [4.78, 5) is 27.2. The summed E-state index contributed by atoms with van der Waals surface area (Å²) in [5, 5.41) is 0. The summed E-state index contributed by atoms with van der Waals surface area (Å²) in [6.45, 7) is 0.922. The molecular weight excluding hydrogens is 472 g/mol. The van der Waals surface area contributed by atoms with Crippen LogP contribution in [-0.4, -0.2) is 58.8 Å². The summed E-state index contributed by atoms with van der Waals surface area (Å²) in [6, 6.07) is 13.9. The minimum Gasteiger partial charge on any atom is -0.338 e. The van der Waals surface area contributed by atoms with Gasteiger partial charge >= 0.3 is 5.69 Å². The monoisotopic (exact) mass is 492 g/mol. The topological polar surface area (TPSA) is 84.6 Å². The van der Waals surface area contributed by atoms with E-state index in [-0.39, 0.29) is 49.2 Å². The van der Waals surface area contributed by atoms with Crippen LogP contribution in [0.4, 0.5) is 0 Å². The number of aromatic nitrogens is 2. The second-order valence-electron chi connectivity index (χ2n) is 7.16. The number of hydrogen-bond donors (Lipinski definition) is 0. The van der Waals surface area contributed by atoms with E-state index in [0.29, 0.717) is 9.99 Å². The number of rotatable bonds is 4. The highest BCUT2D eigenvalue weighted by molar-refractivity contribution is 9.10. The highest BCUT2D eigenvalue weighted by atomic mass is 79.9. The molecule has 158 valence electrons. The van der Waals surface area contributed by atoms with Crippen LogP contribution in [0.1, 0.15) is 0 Å². The van der Waals surface area contributed by atoms with Crippen LogP contribution < -0.4 is 5.69 Å². The van der Waals surface area contributed by atoms with E-state index in [1.54, 1.807) is 36.2 Å². The van der Waals surface area contributed by atoms with Crippen molar-refractivity contribution in [2.45, 2.75) is 11.4 Å². The normalized spacial score (nSPS) is 15.6. The van der Waals surface area contributed by atoms with Gasteiger partial charge in [0.05, 0.1) is 15.9 Å². The van der Waals surface area contributed by atoms with Crippen LogP contribution in [-0.2, 0) is 28.4 Å². The van der Waals surface area contributed by atoms with Gasteiger partial charge in [-0.1, -0.05) is 34.1 Å². The van der Waals surface area contributed by atoms with Gasteiger partial charge in [0.25, 0.3) is 0 Å². The smallest absolute Gasteiger partial charge is 0.329 e. The highest BCUT2D eigenvalue weighted by Crippen LogP contribution is 2.21. The van der Waals surface area contributed by atoms with Crippen LogP contribution in [0.5, 0.6) is 0 Å². The van der Waals surface area contributed by atoms with Crippen molar-refractivity contribution in [3.8, 4) is 0 Å². The van der Waals surface area contributed by atoms with E-state index < -0.39 is 10.0 Å². The first-order chi connectivity index (χ1) is 14.3. The van der Waals surface area contributed by atoms with Gasteiger partial charge in [-0.2, -0.15) is 4.31 Å². The lowest BCUT2D eigenvalue weighted by atomic mass is 10.3. The first-order valence-corrected chi connectivity index (χ1v) is 11.7. The summed E-state index contributed by atoms with van der Waals surface area (Å²) < 4.78 is 30.8. The number of carbonyl (C=O) groups excluding carboxylic acids is 1. The van der Waals surface area contributed by atoms with E-state index >= 15 is 0 Å². The van der Waals surface area contributed by atoms with Gasteiger partial charge in [0.2, 0.25) is 15.9 Å². The van der Waals surface area contributed by atoms with Gasteiger partial charge in [0.15, 0.2) is 0 Å². The molecule has 0 unspecified atom stereocenters. The van der Waals surface area contributed by atoms with E-state index in [9.17, 15) is 18.0 Å². The van der Waals surface area contributed by atoms with Crippen molar-refractivity contribution < 1.29 is 13.2 Å². The molecule has 1 aromatic heterocycles. The largest absolute Gasteiger partial charge is 0.338 e. The van der Waals surface area contributed by atoms with Gasteiger partial charge in [-0.15, -0.1) is 0 Å². The number of piperazine rings is 1. The Balaban J connectivity index is 1.47. The van der Waals surface area contributed by atoms with E-state index in [4.69, 9.17) is 0 Å². The number of aryl methyl sites for hydroxylation is 1. The van der Waals surface area contributed by atoms with E-state index in [1.165, 1.54) is 13.4 Å². The van der Waals surface area contributed by atoms with Crippen LogP contribution in [0, 0.1) is 0 Å². The summed E-state index contributed by atoms with van der Waals surface area (Å²) >= 11 is 3.30. The molecule has 2 aromatic carbocycles. The van der Waals surface area contributed by atoms with Gasteiger partial charge in [-0.3, -0.25) is 13.9 Å². The SMILES string of the molecule is Cn1c(=O)n(CC(=O)N2CCN(S(=O)(=O)c3cccc(Br)c3)CC2)c2ccccc21. The predicted octanol–water partition coefficient (Wildman–Crippen LogP) is 1.64. The summed E-state index contributed by atoms with van der Waals surface area (Å²) in [6.07, 6.45) is 0. The number of nitrogens with zero attached hydrogens (tertiary/aromatic N) is 4. The number of benzene rings is 2. The zero-order chi connectivity index (χ0) is 21.5. The summed E-state index contributed by atoms with van der Waals surface area (Å²) in [7, 11) is -1.94. The number of hydrogen-bond acceptors (Lipinski definition) is 4. The molecule has 0 bridgehead atoms. The zero-order valence-electron chi connectivity index (χ0n) is 16.4. The first kappa shape index (κ1) is 20.8. The minimum absolute atomic E-state index is 0.0709. The fraction of sp³-hybridized carbons (Fsp3) is 0.300. The summed E-state index contributed by atoms with van der Waals surface area (Å²) in [5.74, 6) is -0.201. The molecule has 1 amide bonds. The second-order valence-corrected chi connectivity index (χ2v) is 10.0. The maximum absolute atomic E-state index is 12.9. The Bertz CT molecular complexity index is 1270. The lowest BCUT2D eigenvalue weighted by Gasteiger charge is -2.34. The molecule has 0 N–H and O–H groups in total. The first-order valence-electron chi connectivity index (χ1n) is 9.47. The van der Waals surface area contributed by atoms with Crippen molar-refractivity contribution in [3.63, 3.8) is 0 Å². The Labute approximate surface area is 182 Å². The molecular formula is C20H21BrN4O4S. The molecule has 0 atom stereocenters. The minimum atomic E-state index is -3.62. The molecule has 0 radical (unpaired) electrons. The molecule has 30 heavy (non-hydrogen) atoms. The van der Waals surface area contributed by atoms with Crippen LogP contribution in [0.15, 0.2) is 62.7 Å². The van der Waals surface area contributed by atoms with Gasteiger partial charge in [-0.25, -0.2) is 13.2 Å². The molecule has 10 heteroatoms. The average Bonchev–Trinajstić information content (AvgIpc) is 2.99. The van der Waals surface area contributed by atoms with Crippen LogP contribution in [0.2, 0.25) is 0 Å². The molecule has 0 saturated carbocycles. The lowest BCUT2D eigenvalue weighted by molar-refractivity contribution is -0.133. The Kier molecular flexibility index (Phi) is 5.56. The number of fused-ring (bicyclic) bond motifs is 1. The molecule has 1 fully saturated rings. The Hall–Kier alpha value is -2.43. The Morgan fingerprint density at radius 2 is 1.67 bits per heavy atom. The van der Waals surface area contributed by atoms with Crippen molar-refractivity contribution in [1.82, 2.24) is 18.3 Å². The molecule has 3 aromatic rings. The maximum atomic E-state index is 12.9. The third-order valence-corrected chi connectivity index (χ3v) is 7.76. The molecule has 0 aliphatic carbocycles. The van der Waals surface area contributed by atoms with E-state index in [0.717, 1.165) is 5.52 Å². The number of carbonyl (C=O) groups is 1. The molecule has 0 spiro atoms. The molecule has 1 aliphatic heterocycles. The fourth-order valence-corrected chi connectivity index (χ4v) is 5.72. The van der Waals surface area contributed by atoms with Crippen molar-refractivity contribution in [2.24, 2.45) is 7.05 Å². The van der Waals surface area contributed by atoms with Crippen LogP contribution >= 0.6 is 15.9 Å². The maximum Gasteiger partial charge on any atom is 0.329 e. The number of amides is 1. The highest BCUT2D eigenvalue weighted by Gasteiger charge is 2.30. The molecule has 1 saturated heterocycles. The zero-order valence-corrected chi connectivity index (χ0v) is 18.8. The van der Waals surface area contributed by atoms with Gasteiger partial charge in [-0.05, 0) is 30.3 Å². The lowest BCUT2D eigenvalue weighted by Crippen LogP contribution is -2.51. The molecule has 1 aliphatic rings.